The Morgan fingerprint density at radius 1 is 1.36 bits per heavy atom. The lowest BCUT2D eigenvalue weighted by Gasteiger charge is -2.30. The smallest absolute Gasteiger partial charge is 0.116 e. The second-order valence-electron chi connectivity index (χ2n) is 3.84. The van der Waals surface area contributed by atoms with Crippen LogP contribution in [0.1, 0.15) is 34.1 Å². The molecule has 0 fully saturated rings. The Morgan fingerprint density at radius 3 is 2.36 bits per heavy atom. The zero-order valence-corrected chi connectivity index (χ0v) is 9.93. The van der Waals surface area contributed by atoms with Crippen LogP contribution in [0.15, 0.2) is 0 Å². The van der Waals surface area contributed by atoms with Crippen LogP contribution in [0.4, 0.5) is 0 Å². The van der Waals surface area contributed by atoms with Crippen molar-refractivity contribution in [3.05, 3.63) is 0 Å². The van der Waals surface area contributed by atoms with E-state index in [1.54, 1.807) is 0 Å². The summed E-state index contributed by atoms with van der Waals surface area (Å²) in [6.07, 6.45) is 1.14. The fraction of sp³-hybridized carbons (Fsp3) is 0.909. The molecule has 0 saturated carbocycles. The Morgan fingerprint density at radius 2 is 2.00 bits per heavy atom. The first kappa shape index (κ1) is 13.4. The molecular formula is C11H23N3. The quantitative estimate of drug-likeness (QED) is 0.674. The number of nitriles is 1. The molecule has 0 aliphatic rings. The average Bonchev–Trinajstić information content (AvgIpc) is 2.17. The van der Waals surface area contributed by atoms with E-state index in [9.17, 15) is 0 Å². The van der Waals surface area contributed by atoms with E-state index >= 15 is 0 Å². The Hall–Kier alpha value is -0.590. The standard InChI is InChI=1S/C11H23N3/c1-5-8-14(7-3)10-11(4,9-12)13-6-2/h13H,5-8,10H2,1-4H3. The monoisotopic (exact) mass is 197 g/mol. The van der Waals surface area contributed by atoms with Gasteiger partial charge >= 0.3 is 0 Å². The molecule has 14 heavy (non-hydrogen) atoms. The molecule has 0 aliphatic heterocycles. The lowest BCUT2D eigenvalue weighted by molar-refractivity contribution is 0.231. The molecule has 82 valence electrons. The molecule has 0 spiro atoms. The summed E-state index contributed by atoms with van der Waals surface area (Å²) in [4.78, 5) is 2.31. The molecule has 0 radical (unpaired) electrons. The third-order valence-corrected chi connectivity index (χ3v) is 2.34. The number of hydrogen-bond donors (Lipinski definition) is 1. The molecule has 0 saturated heterocycles. The van der Waals surface area contributed by atoms with Crippen LogP contribution >= 0.6 is 0 Å². The molecule has 0 amide bonds. The first-order chi connectivity index (χ1) is 6.61. The minimum absolute atomic E-state index is 0.403. The summed E-state index contributed by atoms with van der Waals surface area (Å²) < 4.78 is 0. The minimum Gasteiger partial charge on any atom is -0.301 e. The molecule has 0 aromatic rings. The van der Waals surface area contributed by atoms with Gasteiger partial charge in [0.05, 0.1) is 6.07 Å². The lowest BCUT2D eigenvalue weighted by Crippen LogP contribution is -2.50. The molecule has 0 rings (SSSR count). The summed E-state index contributed by atoms with van der Waals surface area (Å²) in [5, 5.41) is 12.3. The highest BCUT2D eigenvalue weighted by molar-refractivity contribution is 5.05. The average molecular weight is 197 g/mol. The molecule has 3 nitrogen and oxygen atoms in total. The van der Waals surface area contributed by atoms with Crippen LogP contribution in [0, 0.1) is 11.3 Å². The largest absolute Gasteiger partial charge is 0.301 e. The summed E-state index contributed by atoms with van der Waals surface area (Å²) in [7, 11) is 0. The van der Waals surface area contributed by atoms with Gasteiger partial charge in [-0.25, -0.2) is 0 Å². The number of rotatable bonds is 7. The van der Waals surface area contributed by atoms with Crippen molar-refractivity contribution in [3.63, 3.8) is 0 Å². The molecule has 1 atom stereocenters. The van der Waals surface area contributed by atoms with Gasteiger partial charge in [0, 0.05) is 6.54 Å². The topological polar surface area (TPSA) is 39.1 Å². The van der Waals surface area contributed by atoms with Gasteiger partial charge in [0.25, 0.3) is 0 Å². The van der Waals surface area contributed by atoms with Gasteiger partial charge in [-0.3, -0.25) is 5.32 Å². The summed E-state index contributed by atoms with van der Waals surface area (Å²) >= 11 is 0. The first-order valence-corrected chi connectivity index (χ1v) is 5.50. The number of likely N-dealkylation sites (N-methyl/N-ethyl adjacent to an activating group) is 2. The maximum atomic E-state index is 9.09. The Bertz CT molecular complexity index is 185. The maximum Gasteiger partial charge on any atom is 0.116 e. The van der Waals surface area contributed by atoms with Gasteiger partial charge in [0.2, 0.25) is 0 Å². The zero-order valence-electron chi connectivity index (χ0n) is 9.93. The highest BCUT2D eigenvalue weighted by Crippen LogP contribution is 2.05. The predicted octanol–water partition coefficient (Wildman–Crippen LogP) is 1.61. The fourth-order valence-corrected chi connectivity index (χ4v) is 1.63. The van der Waals surface area contributed by atoms with Gasteiger partial charge in [-0.1, -0.05) is 20.8 Å². The summed E-state index contributed by atoms with van der Waals surface area (Å²) in [6.45, 7) is 12.0. The molecule has 0 heterocycles. The van der Waals surface area contributed by atoms with Crippen molar-refractivity contribution in [1.82, 2.24) is 10.2 Å². The number of nitrogens with zero attached hydrogens (tertiary/aromatic N) is 2. The van der Waals surface area contributed by atoms with Crippen molar-refractivity contribution < 1.29 is 0 Å². The molecule has 0 aromatic heterocycles. The molecule has 1 N–H and O–H groups in total. The second kappa shape index (κ2) is 6.80. The van der Waals surface area contributed by atoms with E-state index in [2.05, 4.69) is 30.1 Å². The van der Waals surface area contributed by atoms with E-state index in [1.807, 2.05) is 13.8 Å². The molecule has 0 aromatic carbocycles. The highest BCUT2D eigenvalue weighted by Gasteiger charge is 2.24. The van der Waals surface area contributed by atoms with Crippen LogP contribution in [0.3, 0.4) is 0 Å². The van der Waals surface area contributed by atoms with Gasteiger partial charge < -0.3 is 4.90 Å². The van der Waals surface area contributed by atoms with Crippen LogP contribution in [-0.4, -0.2) is 36.6 Å². The fourth-order valence-electron chi connectivity index (χ4n) is 1.63. The van der Waals surface area contributed by atoms with Crippen LogP contribution in [0.25, 0.3) is 0 Å². The van der Waals surface area contributed by atoms with Crippen molar-refractivity contribution in [2.24, 2.45) is 0 Å². The summed E-state index contributed by atoms with van der Waals surface area (Å²) in [5.41, 5.74) is -0.403. The van der Waals surface area contributed by atoms with Crippen LogP contribution < -0.4 is 5.32 Å². The van der Waals surface area contributed by atoms with Crippen LogP contribution in [0.2, 0.25) is 0 Å². The van der Waals surface area contributed by atoms with Crippen molar-refractivity contribution in [3.8, 4) is 6.07 Å². The molecular weight excluding hydrogens is 174 g/mol. The van der Waals surface area contributed by atoms with Gasteiger partial charge in [-0.2, -0.15) is 5.26 Å². The van der Waals surface area contributed by atoms with Crippen molar-refractivity contribution >= 4 is 0 Å². The molecule has 1 unspecified atom stereocenters. The van der Waals surface area contributed by atoms with E-state index < -0.39 is 5.54 Å². The van der Waals surface area contributed by atoms with E-state index in [1.165, 1.54) is 0 Å². The predicted molar refractivity (Wildman–Crippen MR) is 60.1 cm³/mol. The van der Waals surface area contributed by atoms with Gasteiger partial charge in [-0.15, -0.1) is 0 Å². The third kappa shape index (κ3) is 4.59. The van der Waals surface area contributed by atoms with E-state index in [4.69, 9.17) is 5.26 Å². The van der Waals surface area contributed by atoms with E-state index in [0.717, 1.165) is 32.6 Å². The van der Waals surface area contributed by atoms with Gasteiger partial charge in [0.1, 0.15) is 5.54 Å². The Labute approximate surface area is 88.1 Å². The normalized spacial score (nSPS) is 15.1. The zero-order chi connectivity index (χ0) is 11.0. The maximum absolute atomic E-state index is 9.09. The van der Waals surface area contributed by atoms with Crippen LogP contribution in [-0.2, 0) is 0 Å². The molecule has 0 aliphatic carbocycles. The van der Waals surface area contributed by atoms with Gasteiger partial charge in [-0.05, 0) is 33.0 Å². The van der Waals surface area contributed by atoms with Crippen molar-refractivity contribution in [2.45, 2.75) is 39.7 Å². The van der Waals surface area contributed by atoms with Crippen LogP contribution in [0.5, 0.6) is 0 Å². The van der Waals surface area contributed by atoms with Crippen molar-refractivity contribution in [1.29, 1.82) is 5.26 Å². The summed E-state index contributed by atoms with van der Waals surface area (Å²) in [5.74, 6) is 0. The SMILES string of the molecule is CCCN(CC)CC(C)(C#N)NCC. The first-order valence-electron chi connectivity index (χ1n) is 5.50. The molecule has 3 heteroatoms. The van der Waals surface area contributed by atoms with Gasteiger partial charge in [0.15, 0.2) is 0 Å². The number of nitrogens with one attached hydrogen (secondary N) is 1. The second-order valence-corrected chi connectivity index (χ2v) is 3.84. The minimum atomic E-state index is -0.403. The Balaban J connectivity index is 4.20. The van der Waals surface area contributed by atoms with E-state index in [0.29, 0.717) is 0 Å². The third-order valence-electron chi connectivity index (χ3n) is 2.34. The lowest BCUT2D eigenvalue weighted by atomic mass is 10.0. The number of hydrogen-bond acceptors (Lipinski definition) is 3. The summed E-state index contributed by atoms with van der Waals surface area (Å²) in [6, 6.07) is 2.35. The Kier molecular flexibility index (Phi) is 6.52. The molecule has 0 bridgehead atoms. The highest BCUT2D eigenvalue weighted by atomic mass is 15.2. The van der Waals surface area contributed by atoms with Crippen molar-refractivity contribution in [2.75, 3.05) is 26.2 Å². The van der Waals surface area contributed by atoms with E-state index in [-0.39, 0.29) is 0 Å².